The summed E-state index contributed by atoms with van der Waals surface area (Å²) >= 11 is 0. The van der Waals surface area contributed by atoms with E-state index >= 15 is 0 Å². The molecule has 2 heteroatoms. The average Bonchev–Trinajstić information content (AvgIpc) is 2.56. The predicted molar refractivity (Wildman–Crippen MR) is 60.3 cm³/mol. The van der Waals surface area contributed by atoms with Crippen molar-refractivity contribution in [3.63, 3.8) is 0 Å². The van der Waals surface area contributed by atoms with Crippen molar-refractivity contribution < 1.29 is 5.11 Å². The fourth-order valence-corrected chi connectivity index (χ4v) is 1.50. The molecule has 2 N–H and O–H groups in total. The van der Waals surface area contributed by atoms with E-state index in [4.69, 9.17) is 12.0 Å². The second-order valence-electron chi connectivity index (χ2n) is 3.23. The molecule has 0 fully saturated rings. The standard InChI is InChI=1S/C13H11NO/c1-10-11(6-4-5-9-15)12-7-2-3-8-13(12)14-10/h1-3,7-8,14-15H,5,9H2. The number of hydrogen-bond donors (Lipinski definition) is 2. The van der Waals surface area contributed by atoms with Crippen LogP contribution in [0.25, 0.3) is 10.9 Å². The monoisotopic (exact) mass is 197 g/mol. The Balaban J connectivity index is 2.51. The first kappa shape index (κ1) is 9.82. The molecule has 0 saturated heterocycles. The predicted octanol–water partition coefficient (Wildman–Crippen LogP) is 1.96. The number of fused-ring (bicyclic) bond motifs is 1. The molecule has 1 aromatic heterocycles. The SMILES string of the molecule is [CH]c1[nH]c2ccccc2c1C#CCCO. The zero-order valence-electron chi connectivity index (χ0n) is 8.25. The van der Waals surface area contributed by atoms with Gasteiger partial charge in [0.05, 0.1) is 12.2 Å². The fraction of sp³-hybridized carbons (Fsp3) is 0.154. The highest BCUT2D eigenvalue weighted by atomic mass is 16.2. The Morgan fingerprint density at radius 3 is 2.93 bits per heavy atom. The van der Waals surface area contributed by atoms with Crippen LogP contribution in [0.3, 0.4) is 0 Å². The Kier molecular flexibility index (Phi) is 2.75. The summed E-state index contributed by atoms with van der Waals surface area (Å²) in [6, 6.07) is 7.84. The molecule has 0 amide bonds. The van der Waals surface area contributed by atoms with Crippen LogP contribution < -0.4 is 0 Å². The van der Waals surface area contributed by atoms with Gasteiger partial charge in [0.2, 0.25) is 0 Å². The summed E-state index contributed by atoms with van der Waals surface area (Å²) in [5, 5.41) is 9.66. The summed E-state index contributed by atoms with van der Waals surface area (Å²) in [6.07, 6.45) is 0.471. The van der Waals surface area contributed by atoms with Gasteiger partial charge in [0.1, 0.15) is 0 Å². The molecule has 0 spiro atoms. The largest absolute Gasteiger partial charge is 0.395 e. The molecule has 0 aliphatic carbocycles. The number of aromatic nitrogens is 1. The molecular formula is C13H11NO. The maximum Gasteiger partial charge on any atom is 0.0540 e. The lowest BCUT2D eigenvalue weighted by Crippen LogP contribution is -1.79. The second-order valence-corrected chi connectivity index (χ2v) is 3.23. The van der Waals surface area contributed by atoms with Gasteiger partial charge in [-0.3, -0.25) is 0 Å². The molecule has 2 nitrogen and oxygen atoms in total. The van der Waals surface area contributed by atoms with Crippen LogP contribution in [0.1, 0.15) is 17.7 Å². The average molecular weight is 197 g/mol. The highest BCUT2D eigenvalue weighted by molar-refractivity contribution is 5.87. The third-order valence-corrected chi connectivity index (χ3v) is 2.19. The van der Waals surface area contributed by atoms with Crippen LogP contribution in [-0.4, -0.2) is 16.7 Å². The molecule has 2 radical (unpaired) electrons. The Morgan fingerprint density at radius 1 is 1.33 bits per heavy atom. The van der Waals surface area contributed by atoms with Gasteiger partial charge in [-0.1, -0.05) is 30.0 Å². The van der Waals surface area contributed by atoms with Crippen molar-refractivity contribution in [2.24, 2.45) is 0 Å². The number of nitrogens with one attached hydrogen (secondary N) is 1. The van der Waals surface area contributed by atoms with Gasteiger partial charge in [-0.15, -0.1) is 0 Å². The third-order valence-electron chi connectivity index (χ3n) is 2.19. The lowest BCUT2D eigenvalue weighted by molar-refractivity contribution is 0.305. The quantitative estimate of drug-likeness (QED) is 0.673. The van der Waals surface area contributed by atoms with Gasteiger partial charge >= 0.3 is 0 Å². The van der Waals surface area contributed by atoms with E-state index in [1.165, 1.54) is 0 Å². The molecule has 0 saturated carbocycles. The van der Waals surface area contributed by atoms with E-state index in [0.717, 1.165) is 16.5 Å². The number of para-hydroxylation sites is 1. The van der Waals surface area contributed by atoms with E-state index < -0.39 is 0 Å². The van der Waals surface area contributed by atoms with Crippen LogP contribution >= 0.6 is 0 Å². The van der Waals surface area contributed by atoms with E-state index in [2.05, 4.69) is 16.8 Å². The first-order valence-electron chi connectivity index (χ1n) is 4.79. The van der Waals surface area contributed by atoms with E-state index in [-0.39, 0.29) is 6.61 Å². The number of aromatic amines is 1. The van der Waals surface area contributed by atoms with Gasteiger partial charge in [0.25, 0.3) is 0 Å². The van der Waals surface area contributed by atoms with Gasteiger partial charge in [-0.05, 0) is 6.07 Å². The Hall–Kier alpha value is -1.72. The zero-order chi connectivity index (χ0) is 10.7. The molecule has 74 valence electrons. The summed E-state index contributed by atoms with van der Waals surface area (Å²) in [7, 11) is 0. The minimum absolute atomic E-state index is 0.0786. The third kappa shape index (κ3) is 1.88. The Morgan fingerprint density at radius 2 is 2.13 bits per heavy atom. The second kappa shape index (κ2) is 4.20. The minimum atomic E-state index is 0.0786. The van der Waals surface area contributed by atoms with E-state index in [1.807, 2.05) is 24.3 Å². The van der Waals surface area contributed by atoms with Crippen molar-refractivity contribution in [2.75, 3.05) is 6.61 Å². The van der Waals surface area contributed by atoms with Crippen molar-refractivity contribution in [3.05, 3.63) is 42.4 Å². The van der Waals surface area contributed by atoms with Crippen molar-refractivity contribution in [3.8, 4) is 11.8 Å². The van der Waals surface area contributed by atoms with Gasteiger partial charge < -0.3 is 10.1 Å². The van der Waals surface area contributed by atoms with Crippen molar-refractivity contribution >= 4 is 10.9 Å². The maximum atomic E-state index is 8.64. The van der Waals surface area contributed by atoms with E-state index in [1.54, 1.807) is 0 Å². The molecule has 1 heterocycles. The van der Waals surface area contributed by atoms with Crippen LogP contribution in [0.2, 0.25) is 0 Å². The summed E-state index contributed by atoms with van der Waals surface area (Å²) in [5.41, 5.74) is 2.39. The molecular weight excluding hydrogens is 186 g/mol. The lowest BCUT2D eigenvalue weighted by atomic mass is 10.1. The summed E-state index contributed by atoms with van der Waals surface area (Å²) in [4.78, 5) is 3.07. The number of aliphatic hydroxyl groups is 1. The van der Waals surface area contributed by atoms with Crippen molar-refractivity contribution in [1.29, 1.82) is 0 Å². The molecule has 1 aromatic carbocycles. The van der Waals surface area contributed by atoms with Gasteiger partial charge in [0, 0.05) is 29.9 Å². The number of hydrogen-bond acceptors (Lipinski definition) is 1. The minimum Gasteiger partial charge on any atom is -0.395 e. The number of benzene rings is 1. The van der Waals surface area contributed by atoms with E-state index in [9.17, 15) is 0 Å². The van der Waals surface area contributed by atoms with E-state index in [0.29, 0.717) is 12.1 Å². The van der Waals surface area contributed by atoms with Crippen LogP contribution in [0.5, 0.6) is 0 Å². The molecule has 2 aromatic rings. The lowest BCUT2D eigenvalue weighted by Gasteiger charge is -1.89. The normalized spacial score (nSPS) is 10.0. The first-order chi connectivity index (χ1) is 7.33. The van der Waals surface area contributed by atoms with Crippen LogP contribution in [0.4, 0.5) is 0 Å². The maximum absolute atomic E-state index is 8.64. The number of aliphatic hydroxyl groups excluding tert-OH is 1. The van der Waals surface area contributed by atoms with Crippen LogP contribution in [0.15, 0.2) is 24.3 Å². The number of H-pyrrole nitrogens is 1. The summed E-state index contributed by atoms with van der Waals surface area (Å²) in [6.45, 7) is 5.89. The molecule has 2 rings (SSSR count). The van der Waals surface area contributed by atoms with Gasteiger partial charge in [-0.2, -0.15) is 0 Å². The zero-order valence-corrected chi connectivity index (χ0v) is 8.25. The molecule has 0 bridgehead atoms. The van der Waals surface area contributed by atoms with Crippen molar-refractivity contribution in [1.82, 2.24) is 4.98 Å². The summed E-state index contributed by atoms with van der Waals surface area (Å²) in [5.74, 6) is 5.84. The Bertz CT molecular complexity index is 528. The first-order valence-corrected chi connectivity index (χ1v) is 4.79. The van der Waals surface area contributed by atoms with Gasteiger partial charge in [0.15, 0.2) is 0 Å². The van der Waals surface area contributed by atoms with Gasteiger partial charge in [-0.25, -0.2) is 0 Å². The van der Waals surface area contributed by atoms with Crippen LogP contribution in [-0.2, 0) is 0 Å². The topological polar surface area (TPSA) is 36.0 Å². The molecule has 0 aliphatic heterocycles. The summed E-state index contributed by atoms with van der Waals surface area (Å²) < 4.78 is 0. The highest BCUT2D eigenvalue weighted by Crippen LogP contribution is 2.20. The fourth-order valence-electron chi connectivity index (χ4n) is 1.50. The highest BCUT2D eigenvalue weighted by Gasteiger charge is 2.04. The van der Waals surface area contributed by atoms with Crippen molar-refractivity contribution in [2.45, 2.75) is 6.42 Å². The Labute approximate surface area is 88.9 Å². The molecule has 0 unspecified atom stereocenters. The molecule has 0 atom stereocenters. The van der Waals surface area contributed by atoms with Crippen LogP contribution in [0, 0.1) is 18.8 Å². The smallest absolute Gasteiger partial charge is 0.0540 e. The molecule has 15 heavy (non-hydrogen) atoms. The number of rotatable bonds is 1. The molecule has 0 aliphatic rings.